The Labute approximate surface area is 68.8 Å². The molecule has 10 heavy (non-hydrogen) atoms. The molecule has 1 aliphatic carbocycles. The molecule has 1 unspecified atom stereocenters. The van der Waals surface area contributed by atoms with E-state index < -0.39 is 0 Å². The zero-order valence-electron chi connectivity index (χ0n) is 7.10. The standard InChI is InChI=1S/C9H18S/c1-3-4-5-8(2)10-9-6-7-9/h8-9H,3-7H2,1-2H3. The molecule has 0 aromatic heterocycles. The van der Waals surface area contributed by atoms with Crippen LogP contribution in [-0.4, -0.2) is 10.5 Å². The Morgan fingerprint density at radius 3 is 2.70 bits per heavy atom. The second-order valence-corrected chi connectivity index (χ2v) is 5.03. The molecule has 0 spiro atoms. The first-order valence-corrected chi connectivity index (χ1v) is 5.42. The minimum atomic E-state index is 0.924. The largest absolute Gasteiger partial charge is 0.155 e. The molecule has 60 valence electrons. The summed E-state index contributed by atoms with van der Waals surface area (Å²) in [7, 11) is 0. The van der Waals surface area contributed by atoms with Crippen LogP contribution in [0.25, 0.3) is 0 Å². The van der Waals surface area contributed by atoms with Crippen LogP contribution in [0.2, 0.25) is 0 Å². The Hall–Kier alpha value is 0.350. The van der Waals surface area contributed by atoms with Gasteiger partial charge in [-0.1, -0.05) is 26.7 Å². The fourth-order valence-corrected chi connectivity index (χ4v) is 2.46. The monoisotopic (exact) mass is 158 g/mol. The molecule has 0 bridgehead atoms. The average molecular weight is 158 g/mol. The summed E-state index contributed by atoms with van der Waals surface area (Å²) in [4.78, 5) is 0. The highest BCUT2D eigenvalue weighted by atomic mass is 32.2. The minimum Gasteiger partial charge on any atom is -0.155 e. The Morgan fingerprint density at radius 2 is 2.20 bits per heavy atom. The van der Waals surface area contributed by atoms with E-state index in [9.17, 15) is 0 Å². The SMILES string of the molecule is CCCCC(C)SC1CC1. The lowest BCUT2D eigenvalue weighted by molar-refractivity contribution is 0.713. The number of hydrogen-bond donors (Lipinski definition) is 0. The number of unbranched alkanes of at least 4 members (excludes halogenated alkanes) is 1. The molecule has 1 rings (SSSR count). The van der Waals surface area contributed by atoms with Crippen LogP contribution in [0.4, 0.5) is 0 Å². The number of thioether (sulfide) groups is 1. The summed E-state index contributed by atoms with van der Waals surface area (Å²) in [6, 6.07) is 0. The Kier molecular flexibility index (Phi) is 3.61. The molecule has 0 aliphatic heterocycles. The van der Waals surface area contributed by atoms with Gasteiger partial charge in [-0.15, -0.1) is 0 Å². The molecular weight excluding hydrogens is 140 g/mol. The van der Waals surface area contributed by atoms with E-state index in [0.717, 1.165) is 10.5 Å². The smallest absolute Gasteiger partial charge is 0.00505 e. The van der Waals surface area contributed by atoms with Crippen LogP contribution < -0.4 is 0 Å². The van der Waals surface area contributed by atoms with E-state index in [1.54, 1.807) is 0 Å². The van der Waals surface area contributed by atoms with Gasteiger partial charge in [0.15, 0.2) is 0 Å². The molecule has 1 aliphatic rings. The molecule has 0 radical (unpaired) electrons. The van der Waals surface area contributed by atoms with Crippen molar-refractivity contribution >= 4 is 11.8 Å². The quantitative estimate of drug-likeness (QED) is 0.590. The molecule has 0 aromatic rings. The van der Waals surface area contributed by atoms with E-state index >= 15 is 0 Å². The van der Waals surface area contributed by atoms with Crippen LogP contribution in [0.3, 0.4) is 0 Å². The third-order valence-electron chi connectivity index (χ3n) is 1.91. The molecule has 0 aromatic carbocycles. The lowest BCUT2D eigenvalue weighted by Crippen LogP contribution is -1.96. The Morgan fingerprint density at radius 1 is 1.50 bits per heavy atom. The van der Waals surface area contributed by atoms with Gasteiger partial charge < -0.3 is 0 Å². The first-order chi connectivity index (χ1) is 4.83. The van der Waals surface area contributed by atoms with E-state index in [0.29, 0.717) is 0 Å². The second-order valence-electron chi connectivity index (χ2n) is 3.29. The summed E-state index contributed by atoms with van der Waals surface area (Å²) >= 11 is 2.21. The summed E-state index contributed by atoms with van der Waals surface area (Å²) in [6.07, 6.45) is 7.18. The van der Waals surface area contributed by atoms with Gasteiger partial charge in [-0.25, -0.2) is 0 Å². The van der Waals surface area contributed by atoms with Crippen LogP contribution in [0.5, 0.6) is 0 Å². The topological polar surface area (TPSA) is 0 Å². The Balaban J connectivity index is 1.91. The van der Waals surface area contributed by atoms with Crippen molar-refractivity contribution in [1.29, 1.82) is 0 Å². The highest BCUT2D eigenvalue weighted by molar-refractivity contribution is 8.00. The fraction of sp³-hybridized carbons (Fsp3) is 1.00. The van der Waals surface area contributed by atoms with E-state index in [1.807, 2.05) is 0 Å². The third kappa shape index (κ3) is 3.50. The van der Waals surface area contributed by atoms with Gasteiger partial charge in [0.25, 0.3) is 0 Å². The zero-order valence-corrected chi connectivity index (χ0v) is 7.91. The number of hydrogen-bond acceptors (Lipinski definition) is 1. The first-order valence-electron chi connectivity index (χ1n) is 4.48. The molecular formula is C9H18S. The van der Waals surface area contributed by atoms with Crippen molar-refractivity contribution in [3.63, 3.8) is 0 Å². The maximum absolute atomic E-state index is 2.37. The van der Waals surface area contributed by atoms with Gasteiger partial charge in [-0.05, 0) is 19.3 Å². The summed E-state index contributed by atoms with van der Waals surface area (Å²) in [5.41, 5.74) is 0. The van der Waals surface area contributed by atoms with Crippen molar-refractivity contribution in [3.05, 3.63) is 0 Å². The van der Waals surface area contributed by atoms with Crippen molar-refractivity contribution in [2.75, 3.05) is 0 Å². The molecule has 0 saturated heterocycles. The second kappa shape index (κ2) is 4.27. The fourth-order valence-electron chi connectivity index (χ4n) is 1.09. The van der Waals surface area contributed by atoms with Gasteiger partial charge in [-0.2, -0.15) is 11.8 Å². The van der Waals surface area contributed by atoms with Gasteiger partial charge in [0.2, 0.25) is 0 Å². The maximum Gasteiger partial charge on any atom is 0.00505 e. The van der Waals surface area contributed by atoms with E-state index in [2.05, 4.69) is 25.6 Å². The predicted molar refractivity (Wildman–Crippen MR) is 49.6 cm³/mol. The van der Waals surface area contributed by atoms with E-state index in [-0.39, 0.29) is 0 Å². The maximum atomic E-state index is 2.37. The van der Waals surface area contributed by atoms with Crippen LogP contribution in [0.15, 0.2) is 0 Å². The molecule has 0 heterocycles. The normalized spacial score (nSPS) is 21.0. The highest BCUT2D eigenvalue weighted by Crippen LogP contribution is 2.37. The van der Waals surface area contributed by atoms with Crippen molar-refractivity contribution < 1.29 is 0 Å². The summed E-state index contributed by atoms with van der Waals surface area (Å²) in [6.45, 7) is 4.65. The lowest BCUT2D eigenvalue weighted by atomic mass is 10.2. The van der Waals surface area contributed by atoms with Crippen LogP contribution >= 0.6 is 11.8 Å². The van der Waals surface area contributed by atoms with Crippen molar-refractivity contribution in [2.45, 2.75) is 56.5 Å². The molecule has 1 fully saturated rings. The molecule has 1 atom stereocenters. The summed E-state index contributed by atoms with van der Waals surface area (Å²) < 4.78 is 0. The van der Waals surface area contributed by atoms with Gasteiger partial charge >= 0.3 is 0 Å². The Bertz CT molecular complexity index is 86.7. The lowest BCUT2D eigenvalue weighted by Gasteiger charge is -2.08. The van der Waals surface area contributed by atoms with Gasteiger partial charge in [0, 0.05) is 10.5 Å². The zero-order chi connectivity index (χ0) is 7.40. The highest BCUT2D eigenvalue weighted by Gasteiger charge is 2.23. The summed E-state index contributed by atoms with van der Waals surface area (Å²) in [5.74, 6) is 0. The summed E-state index contributed by atoms with van der Waals surface area (Å²) in [5, 5.41) is 1.97. The van der Waals surface area contributed by atoms with Crippen molar-refractivity contribution in [1.82, 2.24) is 0 Å². The molecule has 1 heteroatoms. The average Bonchev–Trinajstić information content (AvgIpc) is 2.67. The minimum absolute atomic E-state index is 0.924. The van der Waals surface area contributed by atoms with Gasteiger partial charge in [0.1, 0.15) is 0 Å². The predicted octanol–water partition coefficient (Wildman–Crippen LogP) is 3.46. The number of rotatable bonds is 5. The van der Waals surface area contributed by atoms with Gasteiger partial charge in [0.05, 0.1) is 0 Å². The molecule has 0 N–H and O–H groups in total. The third-order valence-corrected chi connectivity index (χ3v) is 3.47. The van der Waals surface area contributed by atoms with Crippen LogP contribution in [0, 0.1) is 0 Å². The van der Waals surface area contributed by atoms with Crippen LogP contribution in [0.1, 0.15) is 46.0 Å². The first kappa shape index (κ1) is 8.45. The molecule has 1 saturated carbocycles. The van der Waals surface area contributed by atoms with Crippen molar-refractivity contribution in [2.24, 2.45) is 0 Å². The van der Waals surface area contributed by atoms with E-state index in [4.69, 9.17) is 0 Å². The van der Waals surface area contributed by atoms with E-state index in [1.165, 1.54) is 32.1 Å². The van der Waals surface area contributed by atoms with Crippen molar-refractivity contribution in [3.8, 4) is 0 Å². The molecule has 0 nitrogen and oxygen atoms in total. The van der Waals surface area contributed by atoms with Gasteiger partial charge in [-0.3, -0.25) is 0 Å². The molecule has 0 amide bonds. The van der Waals surface area contributed by atoms with Crippen LogP contribution in [-0.2, 0) is 0 Å².